The van der Waals surface area contributed by atoms with Crippen LogP contribution in [0.4, 0.5) is 4.39 Å². The van der Waals surface area contributed by atoms with Gasteiger partial charge in [0.15, 0.2) is 0 Å². The van der Waals surface area contributed by atoms with E-state index in [2.05, 4.69) is 10.6 Å². The third-order valence-corrected chi connectivity index (χ3v) is 3.01. The van der Waals surface area contributed by atoms with Crippen molar-refractivity contribution in [1.82, 2.24) is 4.57 Å². The largest absolute Gasteiger partial charge is 0.345 e. The molecular formula is C15H15FN2. The van der Waals surface area contributed by atoms with Crippen molar-refractivity contribution in [2.75, 3.05) is 0 Å². The van der Waals surface area contributed by atoms with Crippen molar-refractivity contribution in [3.63, 3.8) is 0 Å². The fourth-order valence-corrected chi connectivity index (χ4v) is 2.06. The summed E-state index contributed by atoms with van der Waals surface area (Å²) < 4.78 is 15.1. The van der Waals surface area contributed by atoms with Gasteiger partial charge in [0.05, 0.1) is 6.07 Å². The maximum Gasteiger partial charge on any atom is 0.123 e. The first-order valence-corrected chi connectivity index (χ1v) is 6.01. The van der Waals surface area contributed by atoms with Crippen molar-refractivity contribution < 1.29 is 4.39 Å². The van der Waals surface area contributed by atoms with Crippen LogP contribution in [0.2, 0.25) is 0 Å². The predicted molar refractivity (Wildman–Crippen MR) is 69.4 cm³/mol. The Kier molecular flexibility index (Phi) is 3.78. The summed E-state index contributed by atoms with van der Waals surface area (Å²) in [5.74, 6) is -0.224. The molecule has 0 fully saturated rings. The minimum Gasteiger partial charge on any atom is -0.345 e. The van der Waals surface area contributed by atoms with Crippen molar-refractivity contribution in [3.8, 4) is 17.3 Å². The van der Waals surface area contributed by atoms with Crippen LogP contribution in [0.5, 0.6) is 0 Å². The molecule has 0 unspecified atom stereocenters. The summed E-state index contributed by atoms with van der Waals surface area (Å²) in [5, 5.41) is 8.58. The first-order valence-electron chi connectivity index (χ1n) is 6.01. The molecule has 0 N–H and O–H groups in total. The van der Waals surface area contributed by atoms with Crippen LogP contribution in [0.3, 0.4) is 0 Å². The van der Waals surface area contributed by atoms with Gasteiger partial charge in [-0.3, -0.25) is 0 Å². The van der Waals surface area contributed by atoms with Crippen molar-refractivity contribution in [2.24, 2.45) is 0 Å². The molecule has 1 aromatic heterocycles. The third kappa shape index (κ3) is 2.60. The van der Waals surface area contributed by atoms with Crippen LogP contribution in [-0.2, 0) is 6.54 Å². The van der Waals surface area contributed by atoms with Gasteiger partial charge in [-0.25, -0.2) is 4.39 Å². The van der Waals surface area contributed by atoms with E-state index in [-0.39, 0.29) is 5.82 Å². The number of nitrogens with zero attached hydrogens (tertiary/aromatic N) is 2. The molecule has 2 nitrogen and oxygen atoms in total. The second-order valence-electron chi connectivity index (χ2n) is 4.28. The maximum atomic E-state index is 12.9. The highest BCUT2D eigenvalue weighted by molar-refractivity contribution is 5.60. The number of unbranched alkanes of at least 4 members (excludes halogenated alkanes) is 1. The summed E-state index contributed by atoms with van der Waals surface area (Å²) in [7, 11) is 0. The Bertz CT molecular complexity index is 561. The van der Waals surface area contributed by atoms with Crippen LogP contribution < -0.4 is 0 Å². The van der Waals surface area contributed by atoms with Gasteiger partial charge in [-0.2, -0.15) is 5.26 Å². The Morgan fingerprint density at radius 3 is 2.56 bits per heavy atom. The van der Waals surface area contributed by atoms with E-state index in [0.29, 0.717) is 6.42 Å². The van der Waals surface area contributed by atoms with Crippen molar-refractivity contribution >= 4 is 0 Å². The molecule has 1 aromatic carbocycles. The Balaban J connectivity index is 2.28. The van der Waals surface area contributed by atoms with E-state index in [1.165, 1.54) is 12.1 Å². The molecule has 1 heterocycles. The molecule has 0 radical (unpaired) electrons. The molecule has 0 spiro atoms. The quantitative estimate of drug-likeness (QED) is 0.747. The molecule has 0 saturated heterocycles. The van der Waals surface area contributed by atoms with Crippen molar-refractivity contribution in [1.29, 1.82) is 5.26 Å². The SMILES string of the molecule is Cc1ccc(-c2ccc(F)cc2)n1CCCC#N. The van der Waals surface area contributed by atoms with Gasteiger partial charge in [-0.15, -0.1) is 0 Å². The average molecular weight is 242 g/mol. The van der Waals surface area contributed by atoms with Gasteiger partial charge in [0.25, 0.3) is 0 Å². The Hall–Kier alpha value is -2.08. The summed E-state index contributed by atoms with van der Waals surface area (Å²) in [4.78, 5) is 0. The second kappa shape index (κ2) is 5.50. The number of hydrogen-bond donors (Lipinski definition) is 0. The summed E-state index contributed by atoms with van der Waals surface area (Å²) in [6.45, 7) is 2.86. The first-order chi connectivity index (χ1) is 8.72. The zero-order valence-corrected chi connectivity index (χ0v) is 10.4. The van der Waals surface area contributed by atoms with E-state index >= 15 is 0 Å². The van der Waals surface area contributed by atoms with Crippen LogP contribution in [0.25, 0.3) is 11.3 Å². The van der Waals surface area contributed by atoms with Gasteiger partial charge in [0, 0.05) is 24.4 Å². The van der Waals surface area contributed by atoms with Crippen molar-refractivity contribution in [3.05, 3.63) is 47.9 Å². The molecule has 0 aliphatic rings. The molecule has 3 heteroatoms. The number of aryl methyl sites for hydroxylation is 1. The standard InChI is InChI=1S/C15H15FN2/c1-12-4-9-15(18(12)11-3-2-10-17)13-5-7-14(16)8-6-13/h4-9H,2-3,11H2,1H3. The lowest BCUT2D eigenvalue weighted by Crippen LogP contribution is -2.02. The van der Waals surface area contributed by atoms with Crippen LogP contribution >= 0.6 is 0 Å². The minimum absolute atomic E-state index is 0.224. The maximum absolute atomic E-state index is 12.9. The van der Waals surface area contributed by atoms with Crippen molar-refractivity contribution in [2.45, 2.75) is 26.3 Å². The molecule has 0 atom stereocenters. The molecule has 0 bridgehead atoms. The van der Waals surface area contributed by atoms with Gasteiger partial charge in [0.1, 0.15) is 5.82 Å². The predicted octanol–water partition coefficient (Wildman–Crippen LogP) is 3.91. The number of halogens is 1. The van der Waals surface area contributed by atoms with E-state index in [4.69, 9.17) is 5.26 Å². The molecule has 0 saturated carbocycles. The fraction of sp³-hybridized carbons (Fsp3) is 0.267. The molecule has 0 amide bonds. The fourth-order valence-electron chi connectivity index (χ4n) is 2.06. The van der Waals surface area contributed by atoms with E-state index in [1.807, 2.05) is 19.1 Å². The topological polar surface area (TPSA) is 28.7 Å². The first kappa shape index (κ1) is 12.4. The summed E-state index contributed by atoms with van der Waals surface area (Å²) in [6.07, 6.45) is 1.39. The summed E-state index contributed by atoms with van der Waals surface area (Å²) in [5.41, 5.74) is 3.24. The van der Waals surface area contributed by atoms with Gasteiger partial charge < -0.3 is 4.57 Å². The highest BCUT2D eigenvalue weighted by Crippen LogP contribution is 2.23. The highest BCUT2D eigenvalue weighted by Gasteiger charge is 2.07. The number of rotatable bonds is 4. The van der Waals surface area contributed by atoms with Crippen LogP contribution in [0.1, 0.15) is 18.5 Å². The van der Waals surface area contributed by atoms with E-state index in [9.17, 15) is 4.39 Å². The average Bonchev–Trinajstić information content (AvgIpc) is 2.73. The Morgan fingerprint density at radius 1 is 1.17 bits per heavy atom. The van der Waals surface area contributed by atoms with Crippen LogP contribution in [-0.4, -0.2) is 4.57 Å². The van der Waals surface area contributed by atoms with Gasteiger partial charge in [-0.05, 0) is 55.3 Å². The third-order valence-electron chi connectivity index (χ3n) is 3.01. The molecular weight excluding hydrogens is 227 g/mol. The number of aromatic nitrogens is 1. The van der Waals surface area contributed by atoms with E-state index in [0.717, 1.165) is 29.9 Å². The monoisotopic (exact) mass is 242 g/mol. The van der Waals surface area contributed by atoms with Gasteiger partial charge in [0.2, 0.25) is 0 Å². The van der Waals surface area contributed by atoms with Gasteiger partial charge in [-0.1, -0.05) is 0 Å². The molecule has 18 heavy (non-hydrogen) atoms. The minimum atomic E-state index is -0.224. The molecule has 2 rings (SSSR count). The van der Waals surface area contributed by atoms with Gasteiger partial charge >= 0.3 is 0 Å². The number of benzene rings is 1. The lowest BCUT2D eigenvalue weighted by Gasteiger charge is -2.11. The molecule has 92 valence electrons. The Morgan fingerprint density at radius 2 is 1.89 bits per heavy atom. The normalized spacial score (nSPS) is 10.3. The summed E-state index contributed by atoms with van der Waals surface area (Å²) in [6, 6.07) is 12.7. The Labute approximate surface area is 106 Å². The molecule has 2 aromatic rings. The molecule has 0 aliphatic heterocycles. The second-order valence-corrected chi connectivity index (χ2v) is 4.28. The molecule has 0 aliphatic carbocycles. The van der Waals surface area contributed by atoms with E-state index < -0.39 is 0 Å². The van der Waals surface area contributed by atoms with E-state index in [1.54, 1.807) is 12.1 Å². The zero-order chi connectivity index (χ0) is 13.0. The lowest BCUT2D eigenvalue weighted by atomic mass is 10.1. The number of nitriles is 1. The van der Waals surface area contributed by atoms with Crippen LogP contribution in [0, 0.1) is 24.1 Å². The van der Waals surface area contributed by atoms with Crippen LogP contribution in [0.15, 0.2) is 36.4 Å². The summed E-state index contributed by atoms with van der Waals surface area (Å²) >= 11 is 0. The zero-order valence-electron chi connectivity index (χ0n) is 10.4. The highest BCUT2D eigenvalue weighted by atomic mass is 19.1. The smallest absolute Gasteiger partial charge is 0.123 e. The lowest BCUT2D eigenvalue weighted by molar-refractivity contribution is 0.627. The number of hydrogen-bond acceptors (Lipinski definition) is 1.